The minimum Gasteiger partial charge on any atom is -0.249 e. The van der Waals surface area contributed by atoms with Crippen LogP contribution in [0.1, 0.15) is 31.7 Å². The number of hydrogen-bond donors (Lipinski definition) is 0. The summed E-state index contributed by atoms with van der Waals surface area (Å²) >= 11 is 0. The predicted octanol–water partition coefficient (Wildman–Crippen LogP) is 2.27. The van der Waals surface area contributed by atoms with Crippen LogP contribution in [-0.2, 0) is 19.1 Å². The van der Waals surface area contributed by atoms with Crippen molar-refractivity contribution in [3.63, 3.8) is 0 Å². The van der Waals surface area contributed by atoms with Gasteiger partial charge in [0.25, 0.3) is 0 Å². The quantitative estimate of drug-likeness (QED) is 0.761. The van der Waals surface area contributed by atoms with Crippen molar-refractivity contribution in [2.24, 2.45) is 0 Å². The normalized spacial score (nSPS) is 12.1. The van der Waals surface area contributed by atoms with Crippen LogP contribution >= 0.6 is 0 Å². The molecule has 0 unspecified atom stereocenters. The van der Waals surface area contributed by atoms with Crippen LogP contribution in [0, 0.1) is 0 Å². The van der Waals surface area contributed by atoms with E-state index in [0.29, 0.717) is 19.4 Å². The van der Waals surface area contributed by atoms with E-state index in [0.717, 1.165) is 0 Å². The Bertz CT molecular complexity index is 303. The van der Waals surface area contributed by atoms with Gasteiger partial charge >= 0.3 is 6.18 Å². The zero-order valence-electron chi connectivity index (χ0n) is 8.10. The fraction of sp³-hybridized carbons (Fsp3) is 0.750. The van der Waals surface area contributed by atoms with Gasteiger partial charge in [-0.15, -0.1) is 5.10 Å². The molecule has 3 nitrogen and oxygen atoms in total. The maximum atomic E-state index is 12.4. The fourth-order valence-corrected chi connectivity index (χ4v) is 1.29. The van der Waals surface area contributed by atoms with Crippen molar-refractivity contribution in [2.45, 2.75) is 39.4 Å². The molecule has 80 valence electrons. The van der Waals surface area contributed by atoms with Crippen LogP contribution in [-0.4, -0.2) is 15.0 Å². The van der Waals surface area contributed by atoms with Crippen LogP contribution in [0.25, 0.3) is 0 Å². The van der Waals surface area contributed by atoms with Crippen molar-refractivity contribution in [1.29, 1.82) is 0 Å². The van der Waals surface area contributed by atoms with Crippen molar-refractivity contribution in [3.8, 4) is 0 Å². The number of aryl methyl sites for hydroxylation is 1. The molecule has 0 bridgehead atoms. The molecule has 0 aliphatic rings. The zero-order chi connectivity index (χ0) is 10.8. The Balaban J connectivity index is 3.10. The third-order valence-electron chi connectivity index (χ3n) is 1.89. The van der Waals surface area contributed by atoms with E-state index in [1.165, 1.54) is 4.68 Å². The molecule has 0 fully saturated rings. The highest BCUT2D eigenvalue weighted by Gasteiger charge is 2.37. The molecule has 0 atom stereocenters. The lowest BCUT2D eigenvalue weighted by atomic mass is 10.2. The zero-order valence-corrected chi connectivity index (χ0v) is 8.10. The molecule has 6 heteroatoms. The molecule has 0 radical (unpaired) electrons. The Morgan fingerprint density at radius 1 is 1.29 bits per heavy atom. The van der Waals surface area contributed by atoms with Gasteiger partial charge in [0, 0.05) is 6.54 Å². The molecule has 1 heterocycles. The van der Waals surface area contributed by atoms with E-state index in [1.54, 1.807) is 6.92 Å². The van der Waals surface area contributed by atoms with Gasteiger partial charge in [0.15, 0.2) is 5.69 Å². The van der Waals surface area contributed by atoms with Gasteiger partial charge in [-0.1, -0.05) is 18.6 Å². The summed E-state index contributed by atoms with van der Waals surface area (Å²) < 4.78 is 38.5. The Morgan fingerprint density at radius 2 is 1.93 bits per heavy atom. The highest BCUT2D eigenvalue weighted by atomic mass is 19.4. The van der Waals surface area contributed by atoms with E-state index in [1.807, 2.05) is 6.92 Å². The van der Waals surface area contributed by atoms with E-state index in [-0.39, 0.29) is 5.69 Å². The summed E-state index contributed by atoms with van der Waals surface area (Å²) in [6, 6.07) is 0. The summed E-state index contributed by atoms with van der Waals surface area (Å²) in [4.78, 5) is 0. The van der Waals surface area contributed by atoms with Crippen LogP contribution in [0.5, 0.6) is 0 Å². The first kappa shape index (κ1) is 11.0. The van der Waals surface area contributed by atoms with Crippen LogP contribution in [0.4, 0.5) is 13.2 Å². The molecule has 0 amide bonds. The van der Waals surface area contributed by atoms with Crippen LogP contribution in [0.2, 0.25) is 0 Å². The minimum atomic E-state index is -4.39. The number of nitrogens with zero attached hydrogens (tertiary/aromatic N) is 3. The van der Waals surface area contributed by atoms with E-state index >= 15 is 0 Å². The van der Waals surface area contributed by atoms with Gasteiger partial charge < -0.3 is 0 Å². The standard InChI is InChI=1S/C8H12F3N3/c1-3-5-6-7(8(9,10)11)12-13-14(6)4-2/h3-5H2,1-2H3. The van der Waals surface area contributed by atoms with Gasteiger partial charge in [0.1, 0.15) is 0 Å². The summed E-state index contributed by atoms with van der Waals surface area (Å²) in [5.41, 5.74) is -0.663. The largest absolute Gasteiger partial charge is 0.437 e. The molecule has 0 spiro atoms. The lowest BCUT2D eigenvalue weighted by molar-refractivity contribution is -0.141. The first-order valence-corrected chi connectivity index (χ1v) is 4.50. The van der Waals surface area contributed by atoms with Gasteiger partial charge in [-0.3, -0.25) is 0 Å². The predicted molar refractivity (Wildman–Crippen MR) is 44.7 cm³/mol. The van der Waals surface area contributed by atoms with E-state index in [4.69, 9.17) is 0 Å². The third kappa shape index (κ3) is 2.05. The molecule has 0 saturated carbocycles. The number of hydrogen-bond acceptors (Lipinski definition) is 2. The second-order valence-electron chi connectivity index (χ2n) is 2.95. The molecular formula is C8H12F3N3. The summed E-state index contributed by atoms with van der Waals surface area (Å²) in [7, 11) is 0. The summed E-state index contributed by atoms with van der Waals surface area (Å²) in [6.45, 7) is 3.99. The van der Waals surface area contributed by atoms with Crippen LogP contribution < -0.4 is 0 Å². The van der Waals surface area contributed by atoms with Crippen molar-refractivity contribution in [2.75, 3.05) is 0 Å². The topological polar surface area (TPSA) is 30.7 Å². The average molecular weight is 207 g/mol. The average Bonchev–Trinajstić information content (AvgIpc) is 2.47. The Hall–Kier alpha value is -1.07. The third-order valence-corrected chi connectivity index (χ3v) is 1.89. The number of alkyl halides is 3. The van der Waals surface area contributed by atoms with Gasteiger partial charge in [-0.2, -0.15) is 13.2 Å². The molecule has 1 aromatic rings. The van der Waals surface area contributed by atoms with Crippen LogP contribution in [0.3, 0.4) is 0 Å². The van der Waals surface area contributed by atoms with E-state index in [9.17, 15) is 13.2 Å². The fourth-order valence-electron chi connectivity index (χ4n) is 1.29. The second-order valence-corrected chi connectivity index (χ2v) is 2.95. The molecule has 1 aromatic heterocycles. The lowest BCUT2D eigenvalue weighted by Crippen LogP contribution is -2.11. The second kappa shape index (κ2) is 3.98. The SMILES string of the molecule is CCCc1c(C(F)(F)F)nnn1CC. The molecule has 0 N–H and O–H groups in total. The van der Waals surface area contributed by atoms with Crippen molar-refractivity contribution in [1.82, 2.24) is 15.0 Å². The van der Waals surface area contributed by atoms with Gasteiger partial charge in [0.05, 0.1) is 5.69 Å². The minimum absolute atomic E-state index is 0.183. The molecule has 1 rings (SSSR count). The smallest absolute Gasteiger partial charge is 0.249 e. The molecule has 0 aliphatic heterocycles. The number of rotatable bonds is 3. The molecular weight excluding hydrogens is 195 g/mol. The molecule has 14 heavy (non-hydrogen) atoms. The van der Waals surface area contributed by atoms with Crippen LogP contribution in [0.15, 0.2) is 0 Å². The Labute approximate surface area is 79.9 Å². The van der Waals surface area contributed by atoms with Crippen molar-refractivity contribution in [3.05, 3.63) is 11.4 Å². The highest BCUT2D eigenvalue weighted by Crippen LogP contribution is 2.30. The van der Waals surface area contributed by atoms with Gasteiger partial charge in [-0.05, 0) is 13.3 Å². The first-order valence-electron chi connectivity index (χ1n) is 4.50. The number of aromatic nitrogens is 3. The maximum absolute atomic E-state index is 12.4. The van der Waals surface area contributed by atoms with E-state index in [2.05, 4.69) is 10.3 Å². The Morgan fingerprint density at radius 3 is 2.36 bits per heavy atom. The van der Waals surface area contributed by atoms with Crippen molar-refractivity contribution >= 4 is 0 Å². The summed E-state index contributed by atoms with van der Waals surface area (Å²) in [6.07, 6.45) is -3.38. The van der Waals surface area contributed by atoms with E-state index < -0.39 is 11.9 Å². The van der Waals surface area contributed by atoms with Gasteiger partial charge in [0.2, 0.25) is 0 Å². The molecule has 0 aromatic carbocycles. The summed E-state index contributed by atoms with van der Waals surface area (Å²) in [5, 5.41) is 6.63. The lowest BCUT2D eigenvalue weighted by Gasteiger charge is -2.06. The molecule has 0 saturated heterocycles. The highest BCUT2D eigenvalue weighted by molar-refractivity contribution is 5.13. The summed E-state index contributed by atoms with van der Waals surface area (Å²) in [5.74, 6) is 0. The Kier molecular flexibility index (Phi) is 3.13. The monoisotopic (exact) mass is 207 g/mol. The first-order chi connectivity index (χ1) is 6.50. The maximum Gasteiger partial charge on any atom is 0.437 e. The van der Waals surface area contributed by atoms with Gasteiger partial charge in [-0.25, -0.2) is 4.68 Å². The van der Waals surface area contributed by atoms with Crippen molar-refractivity contribution < 1.29 is 13.2 Å². The number of halogens is 3. The molecule has 0 aliphatic carbocycles.